The van der Waals surface area contributed by atoms with Crippen LogP contribution in [0.2, 0.25) is 0 Å². The van der Waals surface area contributed by atoms with E-state index in [1.54, 1.807) is 7.11 Å². The Balaban J connectivity index is 2.56. The lowest BCUT2D eigenvalue weighted by atomic mass is 10.0. The maximum atomic E-state index is 6.18. The van der Waals surface area contributed by atoms with Gasteiger partial charge in [-0.2, -0.15) is 0 Å². The van der Waals surface area contributed by atoms with Crippen molar-refractivity contribution in [1.82, 2.24) is 0 Å². The van der Waals surface area contributed by atoms with Crippen LogP contribution in [0.25, 0.3) is 0 Å². The monoisotopic (exact) mass is 255 g/mol. The Bertz CT molecular complexity index is 372. The van der Waals surface area contributed by atoms with Crippen molar-refractivity contribution in [3.05, 3.63) is 27.7 Å². The van der Waals surface area contributed by atoms with Crippen LogP contribution in [0.3, 0.4) is 0 Å². The predicted octanol–water partition coefficient (Wildman–Crippen LogP) is 2.71. The van der Waals surface area contributed by atoms with E-state index in [0.29, 0.717) is 0 Å². The third-order valence-corrected chi connectivity index (χ3v) is 3.23. The van der Waals surface area contributed by atoms with Gasteiger partial charge in [-0.1, -0.05) is 15.9 Å². The van der Waals surface area contributed by atoms with Crippen molar-refractivity contribution in [2.45, 2.75) is 25.3 Å². The van der Waals surface area contributed by atoms with Gasteiger partial charge >= 0.3 is 0 Å². The van der Waals surface area contributed by atoms with Gasteiger partial charge in [0, 0.05) is 15.6 Å². The van der Waals surface area contributed by atoms with Crippen LogP contribution >= 0.6 is 15.9 Å². The predicted molar refractivity (Wildman–Crippen MR) is 60.5 cm³/mol. The molecule has 1 aromatic rings. The van der Waals surface area contributed by atoms with Crippen molar-refractivity contribution in [1.29, 1.82) is 0 Å². The Labute approximate surface area is 92.6 Å². The number of rotatable bonds is 2. The molecule has 1 fully saturated rings. The molecule has 1 aromatic carbocycles. The van der Waals surface area contributed by atoms with E-state index in [0.717, 1.165) is 34.2 Å². The average molecular weight is 256 g/mol. The molecule has 0 unspecified atom stereocenters. The second kappa shape index (κ2) is 3.24. The Morgan fingerprint density at radius 3 is 2.57 bits per heavy atom. The first-order chi connectivity index (χ1) is 6.57. The van der Waals surface area contributed by atoms with Gasteiger partial charge in [0.15, 0.2) is 0 Å². The minimum absolute atomic E-state index is 0.139. The number of ether oxygens (including phenoxy) is 1. The van der Waals surface area contributed by atoms with Gasteiger partial charge in [-0.15, -0.1) is 0 Å². The van der Waals surface area contributed by atoms with Gasteiger partial charge in [0.05, 0.1) is 7.11 Å². The second-order valence-corrected chi connectivity index (χ2v) is 4.88. The van der Waals surface area contributed by atoms with E-state index >= 15 is 0 Å². The highest BCUT2D eigenvalue weighted by molar-refractivity contribution is 9.10. The molecule has 0 amide bonds. The molecule has 76 valence electrons. The van der Waals surface area contributed by atoms with Gasteiger partial charge in [0.1, 0.15) is 5.75 Å². The van der Waals surface area contributed by atoms with Crippen LogP contribution in [0, 0.1) is 6.92 Å². The third-order valence-electron chi connectivity index (χ3n) is 2.77. The summed E-state index contributed by atoms with van der Waals surface area (Å²) in [5.74, 6) is 0.938. The van der Waals surface area contributed by atoms with Crippen LogP contribution < -0.4 is 10.5 Å². The van der Waals surface area contributed by atoms with E-state index in [-0.39, 0.29) is 5.54 Å². The molecular weight excluding hydrogens is 242 g/mol. The normalized spacial score (nSPS) is 18.0. The number of nitrogens with two attached hydrogens (primary N) is 1. The lowest BCUT2D eigenvalue weighted by Gasteiger charge is -2.16. The highest BCUT2D eigenvalue weighted by Crippen LogP contribution is 2.48. The van der Waals surface area contributed by atoms with Gasteiger partial charge in [-0.05, 0) is 37.5 Å². The highest BCUT2D eigenvalue weighted by Gasteiger charge is 2.42. The standard InChI is InChI=1S/C11H14BrNO/c1-7-5-8(12)6-9(10(7)14-2)11(13)3-4-11/h5-6H,3-4,13H2,1-2H3. The fourth-order valence-corrected chi connectivity index (χ4v) is 2.35. The molecule has 2 N–H and O–H groups in total. The Morgan fingerprint density at radius 2 is 2.07 bits per heavy atom. The minimum Gasteiger partial charge on any atom is -0.496 e. The summed E-state index contributed by atoms with van der Waals surface area (Å²) in [6, 6.07) is 4.12. The quantitative estimate of drug-likeness (QED) is 0.882. The molecule has 14 heavy (non-hydrogen) atoms. The van der Waals surface area contributed by atoms with E-state index in [1.807, 2.05) is 13.0 Å². The van der Waals surface area contributed by atoms with Gasteiger partial charge < -0.3 is 10.5 Å². The number of hydrogen-bond acceptors (Lipinski definition) is 2. The molecule has 0 radical (unpaired) electrons. The summed E-state index contributed by atoms with van der Waals surface area (Å²) < 4.78 is 6.47. The zero-order chi connectivity index (χ0) is 10.3. The summed E-state index contributed by atoms with van der Waals surface area (Å²) in [5, 5.41) is 0. The highest BCUT2D eigenvalue weighted by atomic mass is 79.9. The molecule has 0 saturated heterocycles. The number of halogens is 1. The van der Waals surface area contributed by atoms with Gasteiger partial charge in [-0.3, -0.25) is 0 Å². The van der Waals surface area contributed by atoms with E-state index in [4.69, 9.17) is 10.5 Å². The van der Waals surface area contributed by atoms with Crippen LogP contribution in [0.15, 0.2) is 16.6 Å². The molecule has 1 saturated carbocycles. The SMILES string of the molecule is COc1c(C)cc(Br)cc1C1(N)CC1. The van der Waals surface area contributed by atoms with Gasteiger partial charge in [-0.25, -0.2) is 0 Å². The minimum atomic E-state index is -0.139. The van der Waals surface area contributed by atoms with Crippen LogP contribution in [0.1, 0.15) is 24.0 Å². The molecule has 0 bridgehead atoms. The van der Waals surface area contributed by atoms with Gasteiger partial charge in [0.25, 0.3) is 0 Å². The van der Waals surface area contributed by atoms with Gasteiger partial charge in [0.2, 0.25) is 0 Å². The molecule has 2 rings (SSSR count). The van der Waals surface area contributed by atoms with E-state index < -0.39 is 0 Å². The molecule has 2 nitrogen and oxygen atoms in total. The second-order valence-electron chi connectivity index (χ2n) is 3.96. The Morgan fingerprint density at radius 1 is 1.43 bits per heavy atom. The van der Waals surface area contributed by atoms with Crippen molar-refractivity contribution < 1.29 is 4.74 Å². The maximum Gasteiger partial charge on any atom is 0.126 e. The lowest BCUT2D eigenvalue weighted by Crippen LogP contribution is -2.20. The lowest BCUT2D eigenvalue weighted by molar-refractivity contribution is 0.401. The summed E-state index contributed by atoms with van der Waals surface area (Å²) in [7, 11) is 1.70. The zero-order valence-corrected chi connectivity index (χ0v) is 10.0. The van der Waals surface area contributed by atoms with Crippen LogP contribution in [0.4, 0.5) is 0 Å². The number of aryl methyl sites for hydroxylation is 1. The number of hydrogen-bond donors (Lipinski definition) is 1. The summed E-state index contributed by atoms with van der Waals surface area (Å²) in [6.45, 7) is 2.04. The topological polar surface area (TPSA) is 35.2 Å². The average Bonchev–Trinajstić information content (AvgIpc) is 2.84. The fraction of sp³-hybridized carbons (Fsp3) is 0.455. The zero-order valence-electron chi connectivity index (χ0n) is 8.43. The van der Waals surface area contributed by atoms with Crippen molar-refractivity contribution in [2.75, 3.05) is 7.11 Å². The molecule has 0 aromatic heterocycles. The van der Waals surface area contributed by atoms with Crippen molar-refractivity contribution in [3.63, 3.8) is 0 Å². The number of benzene rings is 1. The summed E-state index contributed by atoms with van der Waals surface area (Å²) in [5.41, 5.74) is 8.31. The number of methoxy groups -OCH3 is 1. The Kier molecular flexibility index (Phi) is 2.32. The molecule has 3 heteroatoms. The molecule has 0 spiro atoms. The molecular formula is C11H14BrNO. The van der Waals surface area contributed by atoms with Crippen molar-refractivity contribution in [2.24, 2.45) is 5.73 Å². The molecule has 1 aliphatic rings. The van der Waals surface area contributed by atoms with E-state index in [9.17, 15) is 0 Å². The smallest absolute Gasteiger partial charge is 0.126 e. The van der Waals surface area contributed by atoms with E-state index in [2.05, 4.69) is 22.0 Å². The van der Waals surface area contributed by atoms with Crippen LogP contribution in [0.5, 0.6) is 5.75 Å². The van der Waals surface area contributed by atoms with Crippen molar-refractivity contribution in [3.8, 4) is 5.75 Å². The first-order valence-corrected chi connectivity index (χ1v) is 5.49. The maximum absolute atomic E-state index is 6.18. The summed E-state index contributed by atoms with van der Waals surface area (Å²) in [4.78, 5) is 0. The van der Waals surface area contributed by atoms with Crippen LogP contribution in [-0.2, 0) is 5.54 Å². The first-order valence-electron chi connectivity index (χ1n) is 4.70. The summed E-state index contributed by atoms with van der Waals surface area (Å²) in [6.07, 6.45) is 2.11. The van der Waals surface area contributed by atoms with Crippen molar-refractivity contribution >= 4 is 15.9 Å². The largest absolute Gasteiger partial charge is 0.496 e. The Hall–Kier alpha value is -0.540. The van der Waals surface area contributed by atoms with Crippen LogP contribution in [-0.4, -0.2) is 7.11 Å². The van der Waals surface area contributed by atoms with E-state index in [1.165, 1.54) is 0 Å². The molecule has 0 heterocycles. The summed E-state index contributed by atoms with van der Waals surface area (Å²) >= 11 is 3.49. The fourth-order valence-electron chi connectivity index (χ4n) is 1.77. The first kappa shape index (κ1) is 9.99. The molecule has 0 atom stereocenters. The molecule has 0 aliphatic heterocycles. The third kappa shape index (κ3) is 1.55. The molecule has 1 aliphatic carbocycles.